The van der Waals surface area contributed by atoms with Gasteiger partial charge in [0.1, 0.15) is 0 Å². The lowest BCUT2D eigenvalue weighted by Crippen LogP contribution is -2.41. The molecule has 1 aliphatic heterocycles. The third kappa shape index (κ3) is 2.32. The van der Waals surface area contributed by atoms with Gasteiger partial charge in [0.25, 0.3) is 0 Å². The van der Waals surface area contributed by atoms with Crippen LogP contribution in [0.25, 0.3) is 0 Å². The number of carbonyl (C=O) groups excluding carboxylic acids is 2. The van der Waals surface area contributed by atoms with Gasteiger partial charge in [-0.15, -0.1) is 0 Å². The summed E-state index contributed by atoms with van der Waals surface area (Å²) in [6, 6.07) is 0.0420. The van der Waals surface area contributed by atoms with Crippen LogP contribution in [-0.4, -0.2) is 23.9 Å². The standard InChI is InChI=1S/C10H16N2O2/c1-6(4-7-2-3-7)11-8-5-9(13)12-10(8)14/h6-8,11H,2-5H2,1H3,(H,12,13,14). The van der Waals surface area contributed by atoms with Crippen molar-refractivity contribution in [3.63, 3.8) is 0 Å². The van der Waals surface area contributed by atoms with Gasteiger partial charge in [0.2, 0.25) is 11.8 Å². The molecule has 0 bridgehead atoms. The average molecular weight is 196 g/mol. The molecule has 0 aromatic rings. The van der Waals surface area contributed by atoms with E-state index in [2.05, 4.69) is 17.6 Å². The van der Waals surface area contributed by atoms with Crippen molar-refractivity contribution in [1.29, 1.82) is 0 Å². The van der Waals surface area contributed by atoms with E-state index in [0.717, 1.165) is 12.3 Å². The zero-order chi connectivity index (χ0) is 10.1. The van der Waals surface area contributed by atoms with Crippen LogP contribution in [0.3, 0.4) is 0 Å². The normalized spacial score (nSPS) is 29.1. The third-order valence-corrected chi connectivity index (χ3v) is 2.84. The highest BCUT2D eigenvalue weighted by Crippen LogP contribution is 2.33. The van der Waals surface area contributed by atoms with Crippen molar-refractivity contribution in [3.8, 4) is 0 Å². The number of imide groups is 1. The van der Waals surface area contributed by atoms with Gasteiger partial charge in [-0.1, -0.05) is 12.8 Å². The zero-order valence-corrected chi connectivity index (χ0v) is 8.38. The Morgan fingerprint density at radius 3 is 2.71 bits per heavy atom. The summed E-state index contributed by atoms with van der Waals surface area (Å²) in [4.78, 5) is 22.1. The summed E-state index contributed by atoms with van der Waals surface area (Å²) in [5, 5.41) is 5.50. The van der Waals surface area contributed by atoms with E-state index < -0.39 is 0 Å². The van der Waals surface area contributed by atoms with Gasteiger partial charge in [-0.3, -0.25) is 14.9 Å². The second kappa shape index (κ2) is 3.69. The van der Waals surface area contributed by atoms with Crippen LogP contribution in [0.15, 0.2) is 0 Å². The molecule has 78 valence electrons. The van der Waals surface area contributed by atoms with Crippen molar-refractivity contribution in [2.24, 2.45) is 5.92 Å². The first-order valence-corrected chi connectivity index (χ1v) is 5.25. The SMILES string of the molecule is CC(CC1CC1)NC1CC(=O)NC1=O. The Kier molecular flexibility index (Phi) is 2.54. The molecule has 1 heterocycles. The molecular formula is C10H16N2O2. The molecule has 2 aliphatic rings. The van der Waals surface area contributed by atoms with Gasteiger partial charge in [-0.25, -0.2) is 0 Å². The topological polar surface area (TPSA) is 58.2 Å². The molecule has 1 aliphatic carbocycles. The lowest BCUT2D eigenvalue weighted by Gasteiger charge is -2.16. The predicted molar refractivity (Wildman–Crippen MR) is 51.5 cm³/mol. The molecule has 2 N–H and O–H groups in total. The van der Waals surface area contributed by atoms with Crippen LogP contribution in [0.2, 0.25) is 0 Å². The molecule has 2 amide bonds. The minimum atomic E-state index is -0.295. The number of rotatable bonds is 4. The monoisotopic (exact) mass is 196 g/mol. The van der Waals surface area contributed by atoms with Gasteiger partial charge < -0.3 is 5.32 Å². The second-order valence-corrected chi connectivity index (χ2v) is 4.42. The van der Waals surface area contributed by atoms with Crippen LogP contribution in [0.4, 0.5) is 0 Å². The first-order valence-electron chi connectivity index (χ1n) is 5.25. The Morgan fingerprint density at radius 2 is 2.21 bits per heavy atom. The van der Waals surface area contributed by atoms with E-state index in [1.54, 1.807) is 0 Å². The third-order valence-electron chi connectivity index (χ3n) is 2.84. The molecule has 0 radical (unpaired) electrons. The summed E-state index contributed by atoms with van der Waals surface area (Å²) in [5.41, 5.74) is 0. The summed E-state index contributed by atoms with van der Waals surface area (Å²) in [5.74, 6) is 0.515. The Labute approximate surface area is 83.4 Å². The molecule has 4 nitrogen and oxygen atoms in total. The van der Waals surface area contributed by atoms with Crippen molar-refractivity contribution in [2.75, 3.05) is 0 Å². The van der Waals surface area contributed by atoms with E-state index in [9.17, 15) is 9.59 Å². The summed E-state index contributed by atoms with van der Waals surface area (Å²) in [7, 11) is 0. The highest BCUT2D eigenvalue weighted by atomic mass is 16.2. The number of carbonyl (C=O) groups is 2. The van der Waals surface area contributed by atoms with Crippen molar-refractivity contribution in [2.45, 2.75) is 44.7 Å². The molecule has 1 saturated heterocycles. The van der Waals surface area contributed by atoms with Crippen LogP contribution in [0.5, 0.6) is 0 Å². The van der Waals surface area contributed by atoms with E-state index in [0.29, 0.717) is 12.5 Å². The lowest BCUT2D eigenvalue weighted by atomic mass is 10.1. The van der Waals surface area contributed by atoms with Gasteiger partial charge in [0.15, 0.2) is 0 Å². The Bertz CT molecular complexity index is 261. The summed E-state index contributed by atoms with van der Waals surface area (Å²) >= 11 is 0. The van der Waals surface area contributed by atoms with Crippen LogP contribution in [0, 0.1) is 5.92 Å². The fourth-order valence-corrected chi connectivity index (χ4v) is 1.95. The van der Waals surface area contributed by atoms with Crippen molar-refractivity contribution >= 4 is 11.8 Å². The van der Waals surface area contributed by atoms with Crippen LogP contribution >= 0.6 is 0 Å². The molecule has 4 heteroatoms. The molecular weight excluding hydrogens is 180 g/mol. The maximum atomic E-state index is 11.2. The van der Waals surface area contributed by atoms with Gasteiger partial charge in [0, 0.05) is 6.04 Å². The van der Waals surface area contributed by atoms with E-state index in [4.69, 9.17) is 0 Å². The Balaban J connectivity index is 1.78. The smallest absolute Gasteiger partial charge is 0.244 e. The molecule has 0 aromatic carbocycles. The molecule has 2 rings (SSSR count). The number of hydrogen-bond donors (Lipinski definition) is 2. The number of amides is 2. The van der Waals surface area contributed by atoms with E-state index in [1.807, 2.05) is 0 Å². The van der Waals surface area contributed by atoms with Crippen LogP contribution in [0.1, 0.15) is 32.6 Å². The minimum Gasteiger partial charge on any atom is -0.303 e. The van der Waals surface area contributed by atoms with Crippen LogP contribution < -0.4 is 10.6 Å². The Morgan fingerprint density at radius 1 is 1.50 bits per heavy atom. The van der Waals surface area contributed by atoms with Gasteiger partial charge in [-0.05, 0) is 19.3 Å². The largest absolute Gasteiger partial charge is 0.303 e. The van der Waals surface area contributed by atoms with Gasteiger partial charge in [-0.2, -0.15) is 0 Å². The molecule has 2 atom stereocenters. The molecule has 2 fully saturated rings. The first kappa shape index (κ1) is 9.65. The Hall–Kier alpha value is -0.900. The fourth-order valence-electron chi connectivity index (χ4n) is 1.95. The lowest BCUT2D eigenvalue weighted by molar-refractivity contribution is -0.125. The minimum absolute atomic E-state index is 0.161. The second-order valence-electron chi connectivity index (χ2n) is 4.42. The first-order chi connectivity index (χ1) is 6.65. The predicted octanol–water partition coefficient (Wildman–Crippen LogP) is 0.180. The molecule has 0 spiro atoms. The molecule has 14 heavy (non-hydrogen) atoms. The molecule has 0 aromatic heterocycles. The highest BCUT2D eigenvalue weighted by molar-refractivity contribution is 6.05. The van der Waals surface area contributed by atoms with E-state index >= 15 is 0 Å². The summed E-state index contributed by atoms with van der Waals surface area (Å²) in [6.07, 6.45) is 4.06. The van der Waals surface area contributed by atoms with E-state index in [1.165, 1.54) is 12.8 Å². The molecule has 1 saturated carbocycles. The number of nitrogens with one attached hydrogen (secondary N) is 2. The van der Waals surface area contributed by atoms with Crippen molar-refractivity contribution in [3.05, 3.63) is 0 Å². The quantitative estimate of drug-likeness (QED) is 0.631. The average Bonchev–Trinajstić information content (AvgIpc) is 2.81. The molecule has 2 unspecified atom stereocenters. The van der Waals surface area contributed by atoms with Gasteiger partial charge in [0.05, 0.1) is 12.5 Å². The van der Waals surface area contributed by atoms with Crippen LogP contribution in [-0.2, 0) is 9.59 Å². The maximum absolute atomic E-state index is 11.2. The maximum Gasteiger partial charge on any atom is 0.244 e. The van der Waals surface area contributed by atoms with Crippen molar-refractivity contribution < 1.29 is 9.59 Å². The zero-order valence-electron chi connectivity index (χ0n) is 8.38. The fraction of sp³-hybridized carbons (Fsp3) is 0.800. The summed E-state index contributed by atoms with van der Waals surface area (Å²) < 4.78 is 0. The highest BCUT2D eigenvalue weighted by Gasteiger charge is 2.32. The van der Waals surface area contributed by atoms with Gasteiger partial charge >= 0.3 is 0 Å². The number of hydrogen-bond acceptors (Lipinski definition) is 3. The summed E-state index contributed by atoms with van der Waals surface area (Å²) in [6.45, 7) is 2.08. The van der Waals surface area contributed by atoms with E-state index in [-0.39, 0.29) is 17.9 Å². The van der Waals surface area contributed by atoms with Crippen molar-refractivity contribution in [1.82, 2.24) is 10.6 Å².